The van der Waals surface area contributed by atoms with E-state index in [2.05, 4.69) is 33.9 Å². The molecule has 4 N–H and O–H groups in total. The number of hydrogen-bond acceptors (Lipinski definition) is 12. The van der Waals surface area contributed by atoms with Crippen molar-refractivity contribution in [1.29, 1.82) is 0 Å². The van der Waals surface area contributed by atoms with E-state index in [1.165, 1.54) is 14.7 Å². The molecule has 0 radical (unpaired) electrons. The van der Waals surface area contributed by atoms with E-state index in [4.69, 9.17) is 39.9 Å². The Morgan fingerprint density at radius 2 is 0.988 bits per heavy atom. The summed E-state index contributed by atoms with van der Waals surface area (Å²) in [6.45, 7) is 30.0. The minimum Gasteiger partial charge on any atom is -0.409 e. The highest BCUT2D eigenvalue weighted by Crippen LogP contribution is 2.39. The van der Waals surface area contributed by atoms with Gasteiger partial charge in [-0.25, -0.2) is 14.4 Å². The second-order valence-electron chi connectivity index (χ2n) is 23.2. The number of benzene rings is 3. The summed E-state index contributed by atoms with van der Waals surface area (Å²) in [6.07, 6.45) is 26.9. The largest absolute Gasteiger partial charge is 0.414 e. The van der Waals surface area contributed by atoms with Crippen molar-refractivity contribution in [2.45, 2.75) is 152 Å². The fourth-order valence-corrected chi connectivity index (χ4v) is 7.48. The lowest BCUT2D eigenvalue weighted by molar-refractivity contribution is -0.816. The Balaban J connectivity index is 0.000000628. The molecule has 0 heterocycles. The van der Waals surface area contributed by atoms with Crippen molar-refractivity contribution in [2.24, 2.45) is 0 Å². The molecule has 3 aromatic carbocycles. The van der Waals surface area contributed by atoms with Crippen molar-refractivity contribution in [3.63, 3.8) is 0 Å². The van der Waals surface area contributed by atoms with Crippen LogP contribution in [0.15, 0.2) is 48.5 Å². The topological polar surface area (TPSA) is 177 Å². The summed E-state index contributed by atoms with van der Waals surface area (Å²) in [6, 6.07) is 15.1. The summed E-state index contributed by atoms with van der Waals surface area (Å²) in [5.74, 6) is 11.7. The Morgan fingerprint density at radius 1 is 0.607 bits per heavy atom. The first-order valence-corrected chi connectivity index (χ1v) is 27.9. The molecule has 3 aromatic rings. The van der Waals surface area contributed by atoms with Crippen molar-refractivity contribution in [2.75, 3.05) is 74.0 Å². The molecule has 0 spiro atoms. The van der Waals surface area contributed by atoms with E-state index in [1.807, 2.05) is 151 Å². The number of nitrogens with zero attached hydrogens (tertiary/aromatic N) is 8. The number of amides is 3. The van der Waals surface area contributed by atoms with Crippen molar-refractivity contribution >= 4 is 36.9 Å². The lowest BCUT2D eigenvalue weighted by Gasteiger charge is -2.26. The molecular weight excluding hydrogens is 1060 g/mol. The Labute approximate surface area is 503 Å². The van der Waals surface area contributed by atoms with Crippen LogP contribution in [0.25, 0.3) is 0 Å². The van der Waals surface area contributed by atoms with Crippen molar-refractivity contribution in [1.82, 2.24) is 29.8 Å². The van der Waals surface area contributed by atoms with Gasteiger partial charge in [-0.1, -0.05) is 43.2 Å². The lowest BCUT2D eigenvalue weighted by Crippen LogP contribution is -2.32. The Bertz CT molecular complexity index is 2940. The summed E-state index contributed by atoms with van der Waals surface area (Å²) >= 11 is 0. The standard InChI is InChI=1S/C24H32N3O3.C21H32N3O3.C20H30N3O3.CH4/c1-8-13-26(14-9-2)21-12-11-18-15-19(17-27(29)24(4,5)6)22(16-20(18)21)30-23(28)25(7)10-3;1-9-13-23(8)16(3)17-11-12-18(15-24(26)21(4,5)6)19(14-17)27-20(25)22(7)10-2;1-8-12-21-15(3)16-10-11-17(14-23(25)20(4,5)6)18(13-16)26-19(24)22(7)9-2;/h1-2,15-17,21,29H,10-14H2,3-7H3;1,11-12,14-16,26H,10,13H2,2-8H3;1,10-11,13-15,21,25H,9,12H2,2-7H3;1H4/q3*+1;/b27-17-;24-15-;23-14-;/t21-;;;/m1.../s1. The Hall–Kier alpha value is -8.00. The fraction of sp³-hybridized carbons (Fsp3) is 0.515. The number of carbonyl (C=O) groups excluding carboxylic acids is 3. The average molecular weight is 1160 g/mol. The molecule has 0 aromatic heterocycles. The molecule has 3 amide bonds. The maximum atomic E-state index is 12.4. The minimum atomic E-state index is -0.501. The third kappa shape index (κ3) is 22.6. The van der Waals surface area contributed by atoms with E-state index in [1.54, 1.807) is 45.9 Å². The predicted molar refractivity (Wildman–Crippen MR) is 335 cm³/mol. The number of nitrogens with one attached hydrogen (secondary N) is 1. The second kappa shape index (κ2) is 33.9. The number of rotatable bonds is 18. The third-order valence-corrected chi connectivity index (χ3v) is 13.7. The van der Waals surface area contributed by atoms with Crippen LogP contribution in [-0.2, 0) is 6.42 Å². The zero-order chi connectivity index (χ0) is 63.2. The monoisotopic (exact) mass is 1160 g/mol. The van der Waals surface area contributed by atoms with Crippen LogP contribution >= 0.6 is 0 Å². The molecule has 0 bridgehead atoms. The van der Waals surface area contributed by atoms with Gasteiger partial charge in [0.1, 0.15) is 17.2 Å². The van der Waals surface area contributed by atoms with Gasteiger partial charge < -0.3 is 28.9 Å². The Kier molecular flexibility index (Phi) is 29.9. The van der Waals surface area contributed by atoms with Gasteiger partial charge in [-0.3, -0.25) is 30.7 Å². The van der Waals surface area contributed by atoms with Gasteiger partial charge in [-0.05, 0) is 127 Å². The third-order valence-electron chi connectivity index (χ3n) is 13.7. The number of hydrogen-bond donors (Lipinski definition) is 4. The van der Waals surface area contributed by atoms with Gasteiger partial charge in [-0.2, -0.15) is 0 Å². The zero-order valence-electron chi connectivity index (χ0n) is 52.6. The highest BCUT2D eigenvalue weighted by atomic mass is 16.6. The van der Waals surface area contributed by atoms with Gasteiger partial charge in [0.2, 0.25) is 35.3 Å². The molecule has 18 nitrogen and oxygen atoms in total. The van der Waals surface area contributed by atoms with E-state index < -0.39 is 34.9 Å². The average Bonchev–Trinajstić information content (AvgIpc) is 3.56. The maximum Gasteiger partial charge on any atom is 0.414 e. The SMILES string of the molecule is C.C#CCN(C)C(C)c1ccc(/C=[N+](\O)C(C)(C)C)c(OC(=O)N(C)CC)c1.C#CCN(CC#C)[C@@H]1CCc2cc(/C=[N+](\O)C(C)(C)C)c(OC(=O)N(C)CC)cc21.C#CCNC(C)c1ccc(/C=[N+](\O)C(C)(C)C)c(OC(=O)N(C)CC)c1. The van der Waals surface area contributed by atoms with Crippen LogP contribution in [0.4, 0.5) is 14.4 Å². The molecule has 0 fully saturated rings. The zero-order valence-corrected chi connectivity index (χ0v) is 52.6. The number of carbonyl (C=O) groups is 3. The molecular formula is C66H98N9O9+3. The minimum absolute atomic E-state index is 0. The predicted octanol–water partition coefficient (Wildman–Crippen LogP) is 10.4. The maximum absolute atomic E-state index is 12.4. The quantitative estimate of drug-likeness (QED) is 0.0312. The van der Waals surface area contributed by atoms with Crippen molar-refractivity contribution in [3.05, 3.63) is 87.5 Å². The van der Waals surface area contributed by atoms with Gasteiger partial charge in [0.05, 0.1) is 42.9 Å². The molecule has 0 aliphatic heterocycles. The molecule has 1 aliphatic carbocycles. The number of fused-ring (bicyclic) bond motifs is 1. The van der Waals surface area contributed by atoms with Gasteiger partial charge in [0.25, 0.3) is 0 Å². The highest BCUT2D eigenvalue weighted by Gasteiger charge is 2.32. The van der Waals surface area contributed by atoms with Crippen molar-refractivity contribution < 1.29 is 58.4 Å². The van der Waals surface area contributed by atoms with Crippen LogP contribution in [-0.4, -0.2) is 182 Å². The van der Waals surface area contributed by atoms with Crippen LogP contribution in [0.2, 0.25) is 0 Å². The van der Waals surface area contributed by atoms with Crippen LogP contribution in [0, 0.1) is 49.4 Å². The van der Waals surface area contributed by atoms with E-state index in [-0.39, 0.29) is 25.6 Å². The van der Waals surface area contributed by atoms with E-state index in [0.29, 0.717) is 79.8 Å². The summed E-state index contributed by atoms with van der Waals surface area (Å²) in [5, 5.41) is 34.2. The van der Waals surface area contributed by atoms with Crippen LogP contribution in [0.5, 0.6) is 17.2 Å². The second-order valence-corrected chi connectivity index (χ2v) is 23.2. The number of hydroxylamine groups is 3. The molecule has 0 saturated heterocycles. The molecule has 458 valence electrons. The Morgan fingerprint density at radius 3 is 1.37 bits per heavy atom. The molecule has 3 atom stereocenters. The van der Waals surface area contributed by atoms with Gasteiger partial charge in [0, 0.05) is 121 Å². The first kappa shape index (κ1) is 74.0. The molecule has 4 rings (SSSR count). The molecule has 2 unspecified atom stereocenters. The number of terminal acetylenes is 4. The van der Waals surface area contributed by atoms with Gasteiger partial charge >= 0.3 is 18.3 Å². The summed E-state index contributed by atoms with van der Waals surface area (Å²) in [4.78, 5) is 45.5. The van der Waals surface area contributed by atoms with Crippen molar-refractivity contribution in [3.8, 4) is 66.6 Å². The number of aryl methyl sites for hydroxylation is 1. The molecule has 18 heteroatoms. The normalized spacial score (nSPS) is 14.0. The molecule has 84 heavy (non-hydrogen) atoms. The lowest BCUT2D eigenvalue weighted by atomic mass is 10.0. The van der Waals surface area contributed by atoms with Gasteiger partial charge in [0.15, 0.2) is 0 Å². The van der Waals surface area contributed by atoms with E-state index in [0.717, 1.165) is 49.3 Å². The highest BCUT2D eigenvalue weighted by molar-refractivity contribution is 5.85. The summed E-state index contributed by atoms with van der Waals surface area (Å²) < 4.78 is 20.2. The van der Waals surface area contributed by atoms with E-state index >= 15 is 0 Å². The fourth-order valence-electron chi connectivity index (χ4n) is 7.48. The van der Waals surface area contributed by atoms with Crippen LogP contribution in [0.3, 0.4) is 0 Å². The summed E-state index contributed by atoms with van der Waals surface area (Å²) in [7, 11) is 6.96. The smallest absolute Gasteiger partial charge is 0.409 e. The molecule has 0 saturated carbocycles. The first-order chi connectivity index (χ1) is 38.7. The van der Waals surface area contributed by atoms with Gasteiger partial charge in [-0.15, -0.1) is 25.7 Å². The summed E-state index contributed by atoms with van der Waals surface area (Å²) in [5.41, 5.74) is 4.48. The van der Waals surface area contributed by atoms with Crippen LogP contribution in [0.1, 0.15) is 168 Å². The number of ether oxygens (including phenoxy) is 3. The first-order valence-electron chi connectivity index (χ1n) is 27.9. The molecule has 1 aliphatic rings. The van der Waals surface area contributed by atoms with E-state index in [9.17, 15) is 30.0 Å². The van der Waals surface area contributed by atoms with Crippen LogP contribution < -0.4 is 19.5 Å².